The lowest BCUT2D eigenvalue weighted by Gasteiger charge is -2.36. The first-order valence-corrected chi connectivity index (χ1v) is 11.8. The van der Waals surface area contributed by atoms with Crippen molar-refractivity contribution in [3.63, 3.8) is 0 Å². The number of nitrogens with one attached hydrogen (secondary N) is 1. The molecule has 1 spiro atoms. The van der Waals surface area contributed by atoms with Crippen molar-refractivity contribution >= 4 is 34.8 Å². The molecule has 2 aromatic rings. The van der Waals surface area contributed by atoms with Crippen LogP contribution in [-0.4, -0.2) is 47.2 Å². The standard InChI is InChI=1S/C25H24N4O6/c1-3-13-6-4-7-15-21(13)26-24(32)25(15)20-19(16-8-5-11-27(16)25)22(30)28(23(20)31)17-12-14(29(33)34)9-10-18(17)35-2/h4,6-7,9-10,12,16,19-20H,3,5,8,11H2,1-2H3,(H,26,32)/t16-,19-,20+,25+/m1/s1. The van der Waals surface area contributed by atoms with Crippen LogP contribution in [0.5, 0.6) is 5.75 Å². The highest BCUT2D eigenvalue weighted by atomic mass is 16.6. The molecule has 3 amide bonds. The second kappa shape index (κ2) is 7.35. The van der Waals surface area contributed by atoms with Crippen LogP contribution in [0.4, 0.5) is 17.1 Å². The van der Waals surface area contributed by atoms with Gasteiger partial charge in [-0.05, 0) is 37.4 Å². The zero-order chi connectivity index (χ0) is 24.6. The minimum atomic E-state index is -1.29. The van der Waals surface area contributed by atoms with Crippen LogP contribution in [0.3, 0.4) is 0 Å². The molecule has 10 heteroatoms. The molecule has 3 saturated heterocycles. The number of nitrogens with zero attached hydrogens (tertiary/aromatic N) is 3. The molecule has 0 bridgehead atoms. The second-order valence-electron chi connectivity index (χ2n) is 9.45. The fourth-order valence-corrected chi connectivity index (χ4v) is 6.79. The van der Waals surface area contributed by atoms with Gasteiger partial charge >= 0.3 is 0 Å². The summed E-state index contributed by atoms with van der Waals surface area (Å²) in [4.78, 5) is 55.8. The number of benzene rings is 2. The first kappa shape index (κ1) is 21.7. The normalized spacial score (nSPS) is 28.9. The molecule has 6 rings (SSSR count). The Morgan fingerprint density at radius 1 is 1.20 bits per heavy atom. The van der Waals surface area contributed by atoms with Gasteiger partial charge in [-0.2, -0.15) is 0 Å². The van der Waals surface area contributed by atoms with E-state index in [-0.39, 0.29) is 29.1 Å². The highest BCUT2D eigenvalue weighted by Gasteiger charge is 2.74. The van der Waals surface area contributed by atoms with Crippen LogP contribution in [0.25, 0.3) is 0 Å². The van der Waals surface area contributed by atoms with Gasteiger partial charge in [0.25, 0.3) is 5.69 Å². The smallest absolute Gasteiger partial charge is 0.271 e. The lowest BCUT2D eigenvalue weighted by atomic mass is 9.75. The molecule has 0 aromatic heterocycles. The Hall–Kier alpha value is -3.79. The maximum Gasteiger partial charge on any atom is 0.271 e. The van der Waals surface area contributed by atoms with Crippen molar-refractivity contribution in [2.75, 3.05) is 23.9 Å². The summed E-state index contributed by atoms with van der Waals surface area (Å²) in [6.45, 7) is 2.62. The summed E-state index contributed by atoms with van der Waals surface area (Å²) < 4.78 is 5.36. The van der Waals surface area contributed by atoms with Gasteiger partial charge in [-0.15, -0.1) is 0 Å². The van der Waals surface area contributed by atoms with Gasteiger partial charge in [-0.25, -0.2) is 4.90 Å². The van der Waals surface area contributed by atoms with E-state index in [4.69, 9.17) is 4.74 Å². The number of ether oxygens (including phenoxy) is 1. The quantitative estimate of drug-likeness (QED) is 0.409. The first-order chi connectivity index (χ1) is 16.9. The minimum absolute atomic E-state index is 0.0340. The lowest BCUT2D eigenvalue weighted by molar-refractivity contribution is -0.384. The number of rotatable bonds is 4. The average Bonchev–Trinajstić information content (AvgIpc) is 3.56. The Labute approximate surface area is 201 Å². The number of anilines is 2. The largest absolute Gasteiger partial charge is 0.495 e. The number of para-hydroxylation sites is 1. The van der Waals surface area contributed by atoms with Crippen molar-refractivity contribution < 1.29 is 24.0 Å². The number of fused-ring (bicyclic) bond motifs is 7. The van der Waals surface area contributed by atoms with Gasteiger partial charge in [-0.1, -0.05) is 25.1 Å². The van der Waals surface area contributed by atoms with Crippen molar-refractivity contribution in [2.45, 2.75) is 37.8 Å². The fraction of sp³-hybridized carbons (Fsp3) is 0.400. The molecule has 10 nitrogen and oxygen atoms in total. The van der Waals surface area contributed by atoms with Crippen molar-refractivity contribution in [3.8, 4) is 5.75 Å². The molecule has 4 heterocycles. The number of hydrogen-bond acceptors (Lipinski definition) is 7. The Balaban J connectivity index is 1.55. The molecular formula is C25H24N4O6. The molecule has 4 aliphatic rings. The Morgan fingerprint density at radius 3 is 2.71 bits per heavy atom. The van der Waals surface area contributed by atoms with Gasteiger partial charge in [0.05, 0.1) is 23.9 Å². The highest BCUT2D eigenvalue weighted by Crippen LogP contribution is 2.61. The molecule has 2 aromatic carbocycles. The maximum absolute atomic E-state index is 14.1. The highest BCUT2D eigenvalue weighted by molar-refractivity contribution is 6.26. The summed E-state index contributed by atoms with van der Waals surface area (Å²) in [7, 11) is 1.38. The Bertz CT molecular complexity index is 1330. The number of hydrogen-bond donors (Lipinski definition) is 1. The van der Waals surface area contributed by atoms with E-state index in [9.17, 15) is 24.5 Å². The van der Waals surface area contributed by atoms with E-state index < -0.39 is 34.1 Å². The number of nitro benzene ring substituents is 1. The van der Waals surface area contributed by atoms with Crippen molar-refractivity contribution in [1.82, 2.24) is 4.90 Å². The molecule has 0 aliphatic carbocycles. The van der Waals surface area contributed by atoms with Crippen LogP contribution >= 0.6 is 0 Å². The first-order valence-electron chi connectivity index (χ1n) is 11.8. The number of imide groups is 1. The molecule has 0 unspecified atom stereocenters. The molecular weight excluding hydrogens is 452 g/mol. The number of amides is 3. The predicted octanol–water partition coefficient (Wildman–Crippen LogP) is 2.60. The monoisotopic (exact) mass is 476 g/mol. The van der Waals surface area contributed by atoms with Crippen LogP contribution in [0, 0.1) is 22.0 Å². The molecule has 0 radical (unpaired) electrons. The SMILES string of the molecule is CCc1cccc2c1NC(=O)[C@@]21[C@@H]2C(=O)N(c3cc([N+](=O)[O-])ccc3OC)C(=O)[C@@H]2[C@H]2CCCN21. The van der Waals surface area contributed by atoms with E-state index in [1.807, 2.05) is 25.1 Å². The summed E-state index contributed by atoms with van der Waals surface area (Å²) in [5.74, 6) is -2.74. The third-order valence-corrected chi connectivity index (χ3v) is 8.11. The Kier molecular flexibility index (Phi) is 4.56. The molecule has 4 atom stereocenters. The van der Waals surface area contributed by atoms with Gasteiger partial charge in [0.2, 0.25) is 17.7 Å². The van der Waals surface area contributed by atoms with Crippen LogP contribution in [0.2, 0.25) is 0 Å². The van der Waals surface area contributed by atoms with Crippen LogP contribution < -0.4 is 15.0 Å². The number of aryl methyl sites for hydroxylation is 1. The maximum atomic E-state index is 14.1. The van der Waals surface area contributed by atoms with Crippen molar-refractivity contribution in [2.24, 2.45) is 11.8 Å². The number of nitro groups is 1. The summed E-state index contributed by atoms with van der Waals surface area (Å²) in [5.41, 5.74) is 0.912. The average molecular weight is 476 g/mol. The molecule has 180 valence electrons. The molecule has 35 heavy (non-hydrogen) atoms. The van der Waals surface area contributed by atoms with E-state index in [0.29, 0.717) is 19.4 Å². The number of methoxy groups -OCH3 is 1. The van der Waals surface area contributed by atoms with E-state index in [1.54, 1.807) is 0 Å². The number of carbonyl (C=O) groups excluding carboxylic acids is 3. The Morgan fingerprint density at radius 2 is 2.00 bits per heavy atom. The van der Waals surface area contributed by atoms with Gasteiger partial charge in [0.15, 0.2) is 0 Å². The topological polar surface area (TPSA) is 122 Å². The van der Waals surface area contributed by atoms with E-state index in [0.717, 1.165) is 28.1 Å². The van der Waals surface area contributed by atoms with Gasteiger partial charge < -0.3 is 10.1 Å². The molecule has 1 N–H and O–H groups in total. The number of carbonyl (C=O) groups is 3. The molecule has 0 saturated carbocycles. The molecule has 4 aliphatic heterocycles. The zero-order valence-electron chi connectivity index (χ0n) is 19.3. The fourth-order valence-electron chi connectivity index (χ4n) is 6.79. The molecule has 3 fully saturated rings. The van der Waals surface area contributed by atoms with E-state index in [1.165, 1.54) is 25.3 Å². The van der Waals surface area contributed by atoms with Gasteiger partial charge in [-0.3, -0.25) is 29.4 Å². The minimum Gasteiger partial charge on any atom is -0.495 e. The number of non-ortho nitro benzene ring substituents is 1. The summed E-state index contributed by atoms with van der Waals surface area (Å²) in [6, 6.07) is 9.28. The third-order valence-electron chi connectivity index (χ3n) is 8.11. The van der Waals surface area contributed by atoms with Crippen LogP contribution in [0.1, 0.15) is 30.9 Å². The summed E-state index contributed by atoms with van der Waals surface area (Å²) in [5, 5.41) is 14.5. The van der Waals surface area contributed by atoms with Gasteiger partial charge in [0.1, 0.15) is 17.0 Å². The van der Waals surface area contributed by atoms with E-state index in [2.05, 4.69) is 10.2 Å². The van der Waals surface area contributed by atoms with E-state index >= 15 is 0 Å². The summed E-state index contributed by atoms with van der Waals surface area (Å²) >= 11 is 0. The van der Waals surface area contributed by atoms with Crippen LogP contribution in [-0.2, 0) is 26.3 Å². The third kappa shape index (κ3) is 2.54. The van der Waals surface area contributed by atoms with Crippen LogP contribution in [0.15, 0.2) is 36.4 Å². The predicted molar refractivity (Wildman–Crippen MR) is 125 cm³/mol. The van der Waals surface area contributed by atoms with Crippen molar-refractivity contribution in [3.05, 3.63) is 57.6 Å². The summed E-state index contributed by atoms with van der Waals surface area (Å²) in [6.07, 6.45) is 2.21. The second-order valence-corrected chi connectivity index (χ2v) is 9.45. The van der Waals surface area contributed by atoms with Gasteiger partial charge in [0, 0.05) is 29.4 Å². The zero-order valence-corrected chi connectivity index (χ0v) is 19.3. The lowest BCUT2D eigenvalue weighted by Crippen LogP contribution is -2.54. The van der Waals surface area contributed by atoms with Crippen molar-refractivity contribution in [1.29, 1.82) is 0 Å².